The number of fused-ring (bicyclic) bond motifs is 1. The number of amidine groups is 1. The van der Waals surface area contributed by atoms with E-state index in [2.05, 4.69) is 21.2 Å². The van der Waals surface area contributed by atoms with Gasteiger partial charge in [0.1, 0.15) is 12.4 Å². The number of amides is 1. The molecule has 2 aliphatic rings. The molecule has 2 unspecified atom stereocenters. The lowest BCUT2D eigenvalue weighted by atomic mass is 9.81. The third kappa shape index (κ3) is 5.23. The van der Waals surface area contributed by atoms with Gasteiger partial charge < -0.3 is 15.0 Å². The second-order valence-corrected chi connectivity index (χ2v) is 10.7. The van der Waals surface area contributed by atoms with Crippen molar-refractivity contribution in [2.24, 2.45) is 10.9 Å². The van der Waals surface area contributed by atoms with Gasteiger partial charge in [0.2, 0.25) is 0 Å². The molecular formula is C27H25BrFN3O2S. The lowest BCUT2D eigenvalue weighted by Crippen LogP contribution is -2.55. The number of benzene rings is 3. The van der Waals surface area contributed by atoms with Gasteiger partial charge >= 0.3 is 6.09 Å². The highest BCUT2D eigenvalue weighted by molar-refractivity contribution is 9.10. The molecule has 2 heterocycles. The van der Waals surface area contributed by atoms with Gasteiger partial charge in [-0.1, -0.05) is 88.4 Å². The van der Waals surface area contributed by atoms with E-state index < -0.39 is 11.6 Å². The zero-order chi connectivity index (χ0) is 24.3. The first kappa shape index (κ1) is 23.9. The first-order valence-corrected chi connectivity index (χ1v) is 13.2. The van der Waals surface area contributed by atoms with Gasteiger partial charge in [-0.3, -0.25) is 4.99 Å². The number of nitrogens with one attached hydrogen (secondary N) is 1. The fourth-order valence-corrected chi connectivity index (χ4v) is 6.17. The van der Waals surface area contributed by atoms with Crippen LogP contribution in [0.4, 0.5) is 9.18 Å². The van der Waals surface area contributed by atoms with Crippen molar-refractivity contribution in [2.45, 2.75) is 18.7 Å². The first-order valence-electron chi connectivity index (χ1n) is 11.4. The first-order chi connectivity index (χ1) is 17.0. The summed E-state index contributed by atoms with van der Waals surface area (Å²) in [6.07, 6.45) is -0.396. The predicted molar refractivity (Wildman–Crippen MR) is 141 cm³/mol. The third-order valence-corrected chi connectivity index (χ3v) is 8.02. The number of carbonyl (C=O) groups is 1. The Morgan fingerprint density at radius 1 is 1.11 bits per heavy atom. The maximum absolute atomic E-state index is 15.2. The Hall–Kier alpha value is -2.84. The fraction of sp³-hybridized carbons (Fsp3) is 0.259. The lowest BCUT2D eigenvalue weighted by molar-refractivity contribution is 0.101. The monoisotopic (exact) mass is 553 g/mol. The van der Waals surface area contributed by atoms with E-state index in [-0.39, 0.29) is 18.3 Å². The maximum Gasteiger partial charge on any atom is 0.410 e. The summed E-state index contributed by atoms with van der Waals surface area (Å²) in [5, 5.41) is 4.30. The normalized spacial score (nSPS) is 22.5. The van der Waals surface area contributed by atoms with Crippen molar-refractivity contribution in [2.75, 3.05) is 18.8 Å². The van der Waals surface area contributed by atoms with Crippen LogP contribution in [0.25, 0.3) is 0 Å². The molecule has 2 aliphatic heterocycles. The van der Waals surface area contributed by atoms with Crippen LogP contribution in [0.15, 0.2) is 88.3 Å². The molecule has 1 N–H and O–H groups in total. The predicted octanol–water partition coefficient (Wildman–Crippen LogP) is 5.94. The van der Waals surface area contributed by atoms with Crippen LogP contribution in [0.1, 0.15) is 16.7 Å². The molecule has 3 aromatic rings. The minimum atomic E-state index is -0.791. The molecule has 3 aromatic carbocycles. The van der Waals surface area contributed by atoms with Crippen molar-refractivity contribution in [3.63, 3.8) is 0 Å². The van der Waals surface area contributed by atoms with Gasteiger partial charge in [0.25, 0.3) is 0 Å². The van der Waals surface area contributed by atoms with E-state index in [4.69, 9.17) is 9.73 Å². The lowest BCUT2D eigenvalue weighted by Gasteiger charge is -2.41. The maximum atomic E-state index is 15.2. The topological polar surface area (TPSA) is 53.9 Å². The summed E-state index contributed by atoms with van der Waals surface area (Å²) < 4.78 is 21.6. The highest BCUT2D eigenvalue weighted by atomic mass is 79.9. The van der Waals surface area contributed by atoms with Crippen molar-refractivity contribution in [1.82, 2.24) is 10.2 Å². The van der Waals surface area contributed by atoms with Gasteiger partial charge in [0.05, 0.1) is 18.6 Å². The highest BCUT2D eigenvalue weighted by Gasteiger charge is 2.53. The number of carbonyl (C=O) groups excluding carboxylic acids is 1. The summed E-state index contributed by atoms with van der Waals surface area (Å²) in [5.74, 6) is 0.408. The number of ether oxygens (including phenoxy) is 1. The summed E-state index contributed by atoms with van der Waals surface area (Å²) in [6, 6.07) is 24.6. The Balaban J connectivity index is 1.40. The van der Waals surface area contributed by atoms with Crippen LogP contribution in [-0.2, 0) is 23.4 Å². The summed E-state index contributed by atoms with van der Waals surface area (Å²) in [7, 11) is 0. The van der Waals surface area contributed by atoms with E-state index in [0.717, 1.165) is 26.5 Å². The van der Waals surface area contributed by atoms with Crippen molar-refractivity contribution in [3.8, 4) is 0 Å². The van der Waals surface area contributed by atoms with E-state index in [1.54, 1.807) is 28.8 Å². The molecule has 35 heavy (non-hydrogen) atoms. The Bertz CT molecular complexity index is 1230. The Labute approximate surface area is 216 Å². The molecule has 8 heteroatoms. The minimum Gasteiger partial charge on any atom is -0.445 e. The average molecular weight is 554 g/mol. The second kappa shape index (κ2) is 10.4. The Kier molecular flexibility index (Phi) is 7.11. The van der Waals surface area contributed by atoms with Crippen LogP contribution >= 0.6 is 27.7 Å². The number of rotatable bonds is 5. The van der Waals surface area contributed by atoms with Gasteiger partial charge in [-0.05, 0) is 29.3 Å². The third-order valence-electron chi connectivity index (χ3n) is 6.45. The van der Waals surface area contributed by atoms with Gasteiger partial charge in [-0.2, -0.15) is 0 Å². The van der Waals surface area contributed by atoms with Crippen LogP contribution in [0.5, 0.6) is 0 Å². The molecule has 1 amide bonds. The number of likely N-dealkylation sites (tertiary alicyclic amines) is 1. The Morgan fingerprint density at radius 3 is 2.57 bits per heavy atom. The molecule has 0 aliphatic carbocycles. The van der Waals surface area contributed by atoms with Gasteiger partial charge in [0.15, 0.2) is 5.17 Å². The SMILES string of the molecule is O=C(OCc1ccccc1)N1CC2CSC(=NCc3ccccc3)NC2(c2cc(Br)ccc2F)C1. The summed E-state index contributed by atoms with van der Waals surface area (Å²) in [4.78, 5) is 19.5. The van der Waals surface area contributed by atoms with Crippen molar-refractivity contribution in [1.29, 1.82) is 0 Å². The fourth-order valence-electron chi connectivity index (χ4n) is 4.65. The molecular weight excluding hydrogens is 529 g/mol. The number of halogens is 2. The Morgan fingerprint density at radius 2 is 1.83 bits per heavy atom. The molecule has 180 valence electrons. The molecule has 0 radical (unpaired) electrons. The highest BCUT2D eigenvalue weighted by Crippen LogP contribution is 2.44. The van der Waals surface area contributed by atoms with Crippen molar-refractivity contribution < 1.29 is 13.9 Å². The van der Waals surface area contributed by atoms with Crippen molar-refractivity contribution in [3.05, 3.63) is 106 Å². The second-order valence-electron chi connectivity index (χ2n) is 8.76. The number of aliphatic imine (C=N–C) groups is 1. The standard InChI is InChI=1S/C27H25BrFN3O2S/c28-22-11-12-24(29)23(13-22)27-18-32(26(33)34-16-20-9-5-2-6-10-20)15-21(27)17-35-25(31-27)30-14-19-7-3-1-4-8-19/h1-13,21H,14-18H2,(H,30,31). The molecule has 5 rings (SSSR count). The largest absolute Gasteiger partial charge is 0.445 e. The zero-order valence-corrected chi connectivity index (χ0v) is 21.4. The molecule has 0 saturated carbocycles. The summed E-state index contributed by atoms with van der Waals surface area (Å²) in [6.45, 7) is 1.50. The molecule has 0 aromatic heterocycles. The van der Waals surface area contributed by atoms with E-state index in [1.807, 2.05) is 60.7 Å². The van der Waals surface area contributed by atoms with E-state index in [9.17, 15) is 4.79 Å². The zero-order valence-electron chi connectivity index (χ0n) is 19.0. The van der Waals surface area contributed by atoms with Crippen LogP contribution in [0.3, 0.4) is 0 Å². The number of hydrogen-bond acceptors (Lipinski definition) is 4. The number of thioether (sulfide) groups is 1. The van der Waals surface area contributed by atoms with Gasteiger partial charge in [-0.15, -0.1) is 0 Å². The van der Waals surface area contributed by atoms with Crippen LogP contribution in [0, 0.1) is 11.7 Å². The number of nitrogens with zero attached hydrogens (tertiary/aromatic N) is 2. The van der Waals surface area contributed by atoms with Crippen LogP contribution in [0.2, 0.25) is 0 Å². The molecule has 5 nitrogen and oxygen atoms in total. The van der Waals surface area contributed by atoms with E-state index in [0.29, 0.717) is 25.2 Å². The molecule has 2 fully saturated rings. The molecule has 2 saturated heterocycles. The van der Waals surface area contributed by atoms with E-state index >= 15 is 4.39 Å². The van der Waals surface area contributed by atoms with Crippen LogP contribution in [-0.4, -0.2) is 35.0 Å². The minimum absolute atomic E-state index is 0.00347. The summed E-state index contributed by atoms with van der Waals surface area (Å²) in [5.41, 5.74) is 1.77. The average Bonchev–Trinajstić information content (AvgIpc) is 3.29. The van der Waals surface area contributed by atoms with Gasteiger partial charge in [-0.25, -0.2) is 9.18 Å². The molecule has 2 atom stereocenters. The van der Waals surface area contributed by atoms with Crippen molar-refractivity contribution >= 4 is 39.0 Å². The van der Waals surface area contributed by atoms with Crippen LogP contribution < -0.4 is 5.32 Å². The number of hydrogen-bond donors (Lipinski definition) is 1. The van der Waals surface area contributed by atoms with Gasteiger partial charge in [0, 0.05) is 28.3 Å². The van der Waals surface area contributed by atoms with E-state index in [1.165, 1.54) is 6.07 Å². The smallest absolute Gasteiger partial charge is 0.410 e. The summed E-state index contributed by atoms with van der Waals surface area (Å²) >= 11 is 5.10. The molecule has 0 spiro atoms. The quantitative estimate of drug-likeness (QED) is 0.424. The molecule has 0 bridgehead atoms.